The highest BCUT2D eigenvalue weighted by molar-refractivity contribution is 14.1. The van der Waals surface area contributed by atoms with Crippen molar-refractivity contribution in [2.24, 2.45) is 0 Å². The Labute approximate surface area is 91.7 Å². The predicted molar refractivity (Wildman–Crippen MR) is 65.5 cm³/mol. The van der Waals surface area contributed by atoms with E-state index in [1.54, 1.807) is 0 Å². The average Bonchev–Trinajstić information content (AvgIpc) is 2.58. The molecule has 0 saturated carbocycles. The van der Waals surface area contributed by atoms with Gasteiger partial charge in [0.15, 0.2) is 0 Å². The molecule has 0 atom stereocenters. The number of hydrogen-bond acceptors (Lipinski definition) is 0. The Morgan fingerprint density at radius 2 is 2.08 bits per heavy atom. The molecule has 1 aromatic heterocycles. The molecule has 0 amide bonds. The Kier molecular flexibility index (Phi) is 2.88. The van der Waals surface area contributed by atoms with Gasteiger partial charge in [-0.05, 0) is 28.9 Å². The maximum Gasteiger partial charge on any atom is 0.0456 e. The summed E-state index contributed by atoms with van der Waals surface area (Å²) in [6.45, 7) is 0. The molecule has 2 rings (SSSR count). The zero-order valence-electron chi connectivity index (χ0n) is 7.39. The van der Waals surface area contributed by atoms with Crippen LogP contribution in [0.4, 0.5) is 0 Å². The van der Waals surface area contributed by atoms with Crippen LogP contribution in [-0.2, 0) is 6.42 Å². The van der Waals surface area contributed by atoms with Gasteiger partial charge in [0.2, 0.25) is 0 Å². The lowest BCUT2D eigenvalue weighted by Crippen LogP contribution is -1.82. The summed E-state index contributed by atoms with van der Waals surface area (Å²) in [5.41, 5.74) is 2.71. The second kappa shape index (κ2) is 4.13. The number of aromatic amines is 1. The van der Waals surface area contributed by atoms with E-state index in [1.165, 1.54) is 33.7 Å². The third-order valence-electron chi connectivity index (χ3n) is 2.25. The van der Waals surface area contributed by atoms with Crippen molar-refractivity contribution in [3.63, 3.8) is 0 Å². The molecular formula is C11H12IN. The van der Waals surface area contributed by atoms with Crippen LogP contribution in [0.15, 0.2) is 30.5 Å². The molecule has 0 saturated heterocycles. The molecule has 68 valence electrons. The maximum absolute atomic E-state index is 3.29. The fourth-order valence-electron chi connectivity index (χ4n) is 1.60. The Bertz CT molecular complexity index is 392. The zero-order chi connectivity index (χ0) is 9.10. The number of aromatic nitrogens is 1. The number of H-pyrrole nitrogens is 1. The van der Waals surface area contributed by atoms with Gasteiger partial charge < -0.3 is 4.98 Å². The molecule has 0 aliphatic heterocycles. The summed E-state index contributed by atoms with van der Waals surface area (Å²) in [5, 5.41) is 1.38. The first-order chi connectivity index (χ1) is 6.42. The highest BCUT2D eigenvalue weighted by atomic mass is 127. The molecule has 13 heavy (non-hydrogen) atoms. The van der Waals surface area contributed by atoms with Crippen LogP contribution < -0.4 is 0 Å². The van der Waals surface area contributed by atoms with E-state index in [0.29, 0.717) is 0 Å². The number of para-hydroxylation sites is 1. The highest BCUT2D eigenvalue weighted by Crippen LogP contribution is 2.18. The second-order valence-electron chi connectivity index (χ2n) is 3.15. The van der Waals surface area contributed by atoms with E-state index in [9.17, 15) is 0 Å². The number of benzene rings is 1. The van der Waals surface area contributed by atoms with Gasteiger partial charge in [-0.15, -0.1) is 0 Å². The van der Waals surface area contributed by atoms with Crippen molar-refractivity contribution >= 4 is 33.5 Å². The van der Waals surface area contributed by atoms with Crippen molar-refractivity contribution in [1.82, 2.24) is 4.98 Å². The standard InChI is InChI=1S/C11H12IN/c12-7-3-4-9-8-13-11-6-2-1-5-10(9)11/h1-2,5-6,8,13H,3-4,7H2. The summed E-state index contributed by atoms with van der Waals surface area (Å²) in [5.74, 6) is 0. The van der Waals surface area contributed by atoms with Gasteiger partial charge in [0, 0.05) is 17.1 Å². The van der Waals surface area contributed by atoms with Gasteiger partial charge in [-0.3, -0.25) is 0 Å². The molecule has 1 N–H and O–H groups in total. The van der Waals surface area contributed by atoms with Gasteiger partial charge in [0.1, 0.15) is 0 Å². The summed E-state index contributed by atoms with van der Waals surface area (Å²) < 4.78 is 1.23. The van der Waals surface area contributed by atoms with Crippen LogP contribution in [0.2, 0.25) is 0 Å². The molecular weight excluding hydrogens is 273 g/mol. The number of aryl methyl sites for hydroxylation is 1. The third kappa shape index (κ3) is 1.88. The second-order valence-corrected chi connectivity index (χ2v) is 4.23. The van der Waals surface area contributed by atoms with Crippen LogP contribution in [0.5, 0.6) is 0 Å². The van der Waals surface area contributed by atoms with E-state index in [2.05, 4.69) is 58.0 Å². The van der Waals surface area contributed by atoms with Crippen molar-refractivity contribution in [2.75, 3.05) is 4.43 Å². The summed E-state index contributed by atoms with van der Waals surface area (Å²) in [4.78, 5) is 3.29. The lowest BCUT2D eigenvalue weighted by Gasteiger charge is -1.95. The molecule has 2 heteroatoms. The van der Waals surface area contributed by atoms with Crippen LogP contribution in [0.25, 0.3) is 10.9 Å². The lowest BCUT2D eigenvalue weighted by molar-refractivity contribution is 0.953. The molecule has 1 nitrogen and oxygen atoms in total. The fourth-order valence-corrected chi connectivity index (χ4v) is 1.98. The summed E-state index contributed by atoms with van der Waals surface area (Å²) >= 11 is 2.43. The molecule has 2 aromatic rings. The van der Waals surface area contributed by atoms with Crippen LogP contribution >= 0.6 is 22.6 Å². The quantitative estimate of drug-likeness (QED) is 0.656. The summed E-state index contributed by atoms with van der Waals surface area (Å²) in [7, 11) is 0. The van der Waals surface area contributed by atoms with Crippen LogP contribution in [0.1, 0.15) is 12.0 Å². The summed E-state index contributed by atoms with van der Waals surface area (Å²) in [6.07, 6.45) is 4.59. The minimum absolute atomic E-state index is 1.19. The molecule has 0 fully saturated rings. The number of halogens is 1. The molecule has 0 radical (unpaired) electrons. The van der Waals surface area contributed by atoms with Gasteiger partial charge in [0.05, 0.1) is 0 Å². The number of nitrogens with one attached hydrogen (secondary N) is 1. The predicted octanol–water partition coefficient (Wildman–Crippen LogP) is 3.54. The minimum atomic E-state index is 1.19. The first-order valence-corrected chi connectivity index (χ1v) is 6.05. The van der Waals surface area contributed by atoms with Crippen molar-refractivity contribution in [2.45, 2.75) is 12.8 Å². The Morgan fingerprint density at radius 1 is 1.23 bits per heavy atom. The lowest BCUT2D eigenvalue weighted by atomic mass is 10.1. The van der Waals surface area contributed by atoms with Gasteiger partial charge in [-0.25, -0.2) is 0 Å². The van der Waals surface area contributed by atoms with Gasteiger partial charge in [-0.2, -0.15) is 0 Å². The monoisotopic (exact) mass is 285 g/mol. The van der Waals surface area contributed by atoms with Crippen LogP contribution in [0, 0.1) is 0 Å². The smallest absolute Gasteiger partial charge is 0.0456 e. The molecule has 0 spiro atoms. The first-order valence-electron chi connectivity index (χ1n) is 4.53. The van der Waals surface area contributed by atoms with E-state index in [1.807, 2.05) is 0 Å². The van der Waals surface area contributed by atoms with Crippen molar-refractivity contribution in [3.8, 4) is 0 Å². The van der Waals surface area contributed by atoms with E-state index < -0.39 is 0 Å². The number of hydrogen-bond donors (Lipinski definition) is 1. The van der Waals surface area contributed by atoms with E-state index in [0.717, 1.165) is 0 Å². The fraction of sp³-hybridized carbons (Fsp3) is 0.273. The topological polar surface area (TPSA) is 15.8 Å². The Balaban J connectivity index is 2.35. The van der Waals surface area contributed by atoms with Gasteiger partial charge in [-0.1, -0.05) is 40.8 Å². The third-order valence-corrected chi connectivity index (χ3v) is 3.02. The van der Waals surface area contributed by atoms with Crippen molar-refractivity contribution in [3.05, 3.63) is 36.0 Å². The molecule has 0 bridgehead atoms. The molecule has 1 heterocycles. The maximum atomic E-state index is 3.29. The van der Waals surface area contributed by atoms with Crippen molar-refractivity contribution in [1.29, 1.82) is 0 Å². The zero-order valence-corrected chi connectivity index (χ0v) is 9.54. The van der Waals surface area contributed by atoms with E-state index >= 15 is 0 Å². The Morgan fingerprint density at radius 3 is 2.92 bits per heavy atom. The van der Waals surface area contributed by atoms with E-state index in [4.69, 9.17) is 0 Å². The molecule has 0 aliphatic rings. The summed E-state index contributed by atoms with van der Waals surface area (Å²) in [6, 6.07) is 8.49. The average molecular weight is 285 g/mol. The van der Waals surface area contributed by atoms with Crippen molar-refractivity contribution < 1.29 is 0 Å². The SMILES string of the molecule is ICCCc1c[nH]c2ccccc12. The highest BCUT2D eigenvalue weighted by Gasteiger charge is 2.00. The molecule has 0 unspecified atom stereocenters. The van der Waals surface area contributed by atoms with Crippen LogP contribution in [-0.4, -0.2) is 9.41 Å². The normalized spacial score (nSPS) is 10.8. The number of fused-ring (bicyclic) bond motifs is 1. The van der Waals surface area contributed by atoms with E-state index in [-0.39, 0.29) is 0 Å². The Hall–Kier alpha value is -0.510. The number of rotatable bonds is 3. The minimum Gasteiger partial charge on any atom is -0.361 e. The molecule has 1 aromatic carbocycles. The largest absolute Gasteiger partial charge is 0.361 e. The number of alkyl halides is 1. The van der Waals surface area contributed by atoms with Gasteiger partial charge in [0.25, 0.3) is 0 Å². The van der Waals surface area contributed by atoms with Crippen LogP contribution in [0.3, 0.4) is 0 Å². The molecule has 0 aliphatic carbocycles. The first kappa shape index (κ1) is 9.06. The van der Waals surface area contributed by atoms with Gasteiger partial charge >= 0.3 is 0 Å².